The van der Waals surface area contributed by atoms with Crippen LogP contribution in [0, 0.1) is 0 Å². The van der Waals surface area contributed by atoms with Crippen LogP contribution in [0.1, 0.15) is 0 Å². The molecule has 0 aliphatic rings. The molecule has 3 nitrogen and oxygen atoms in total. The molecule has 0 bridgehead atoms. The SMILES string of the molecule is CSc1ccc2c(P)nn(N)c2c1. The number of hydrogen-bond acceptors (Lipinski definition) is 3. The van der Waals surface area contributed by atoms with Crippen molar-refractivity contribution in [3.05, 3.63) is 18.2 Å². The number of rotatable bonds is 1. The third-order valence-corrected chi connectivity index (χ3v) is 3.09. The summed E-state index contributed by atoms with van der Waals surface area (Å²) in [6.07, 6.45) is 2.04. The summed E-state index contributed by atoms with van der Waals surface area (Å²) in [5.74, 6) is 5.68. The Balaban J connectivity index is 2.76. The standard InChI is InChI=1S/C8H10N3PS/c1-13-5-2-3-6-7(4-5)11(9)10-8(6)12/h2-4H,9,12H2,1H3. The zero-order valence-electron chi connectivity index (χ0n) is 7.19. The normalized spacial score (nSPS) is 10.9. The Morgan fingerprint density at radius 1 is 1.54 bits per heavy atom. The van der Waals surface area contributed by atoms with Gasteiger partial charge in [-0.1, -0.05) is 9.24 Å². The lowest BCUT2D eigenvalue weighted by Crippen LogP contribution is -2.11. The molecule has 0 amide bonds. The first-order valence-electron chi connectivity index (χ1n) is 3.79. The molecule has 0 saturated heterocycles. The molecule has 0 spiro atoms. The maximum absolute atomic E-state index is 5.68. The van der Waals surface area contributed by atoms with E-state index in [-0.39, 0.29) is 0 Å². The van der Waals surface area contributed by atoms with E-state index < -0.39 is 0 Å². The van der Waals surface area contributed by atoms with Crippen LogP contribution in [0.4, 0.5) is 0 Å². The van der Waals surface area contributed by atoms with Crippen LogP contribution in [0.5, 0.6) is 0 Å². The van der Waals surface area contributed by atoms with Crippen LogP contribution in [0.25, 0.3) is 10.9 Å². The van der Waals surface area contributed by atoms with Crippen molar-refractivity contribution < 1.29 is 0 Å². The van der Waals surface area contributed by atoms with Crippen LogP contribution < -0.4 is 11.3 Å². The first-order valence-corrected chi connectivity index (χ1v) is 5.60. The van der Waals surface area contributed by atoms with Crippen LogP contribution in [0.2, 0.25) is 0 Å². The maximum Gasteiger partial charge on any atom is 0.0933 e. The van der Waals surface area contributed by atoms with E-state index in [9.17, 15) is 0 Å². The Labute approximate surface area is 82.8 Å². The minimum atomic E-state index is 0.894. The minimum Gasteiger partial charge on any atom is -0.323 e. The molecule has 13 heavy (non-hydrogen) atoms. The Morgan fingerprint density at radius 2 is 2.31 bits per heavy atom. The monoisotopic (exact) mass is 211 g/mol. The van der Waals surface area contributed by atoms with Crippen LogP contribution >= 0.6 is 21.0 Å². The Morgan fingerprint density at radius 3 is 3.00 bits per heavy atom. The minimum absolute atomic E-state index is 0.894. The smallest absolute Gasteiger partial charge is 0.0933 e. The van der Waals surface area contributed by atoms with Gasteiger partial charge in [0, 0.05) is 10.3 Å². The summed E-state index contributed by atoms with van der Waals surface area (Å²) in [4.78, 5) is 2.61. The van der Waals surface area contributed by atoms with Crippen LogP contribution in [-0.2, 0) is 0 Å². The van der Waals surface area contributed by atoms with Gasteiger partial charge < -0.3 is 5.84 Å². The lowest BCUT2D eigenvalue weighted by Gasteiger charge is -1.97. The highest BCUT2D eigenvalue weighted by Crippen LogP contribution is 2.20. The Hall–Kier alpha value is -0.730. The molecule has 0 aliphatic heterocycles. The van der Waals surface area contributed by atoms with Crippen molar-refractivity contribution in [1.29, 1.82) is 0 Å². The zero-order valence-corrected chi connectivity index (χ0v) is 9.16. The molecule has 0 fully saturated rings. The summed E-state index contributed by atoms with van der Waals surface area (Å²) < 4.78 is 0. The van der Waals surface area contributed by atoms with E-state index >= 15 is 0 Å². The highest BCUT2D eigenvalue weighted by atomic mass is 32.2. The van der Waals surface area contributed by atoms with Gasteiger partial charge in [0.2, 0.25) is 0 Å². The molecular weight excluding hydrogens is 201 g/mol. The molecule has 1 aromatic carbocycles. The summed E-state index contributed by atoms with van der Waals surface area (Å²) in [5, 5.41) is 5.20. The summed E-state index contributed by atoms with van der Waals surface area (Å²) in [6.45, 7) is 0. The number of fused-ring (bicyclic) bond motifs is 1. The van der Waals surface area contributed by atoms with E-state index in [1.807, 2.05) is 18.4 Å². The second-order valence-corrected chi connectivity index (χ2v) is 4.14. The molecule has 0 radical (unpaired) electrons. The average molecular weight is 211 g/mol. The van der Waals surface area contributed by atoms with Gasteiger partial charge in [-0.25, -0.2) is 0 Å². The molecule has 1 atom stereocenters. The van der Waals surface area contributed by atoms with Gasteiger partial charge in [-0.2, -0.15) is 9.89 Å². The predicted molar refractivity (Wildman–Crippen MR) is 61.0 cm³/mol. The maximum atomic E-state index is 5.68. The lowest BCUT2D eigenvalue weighted by atomic mass is 10.3. The summed E-state index contributed by atoms with van der Waals surface area (Å²) in [6, 6.07) is 6.16. The van der Waals surface area contributed by atoms with E-state index in [1.165, 1.54) is 9.69 Å². The van der Waals surface area contributed by atoms with Crippen LogP contribution in [0.3, 0.4) is 0 Å². The molecule has 0 aliphatic carbocycles. The van der Waals surface area contributed by atoms with Gasteiger partial charge in [-0.05, 0) is 24.5 Å². The number of nitrogen functional groups attached to an aromatic ring is 1. The fourth-order valence-electron chi connectivity index (χ4n) is 1.27. The molecule has 5 heteroatoms. The second-order valence-electron chi connectivity index (χ2n) is 2.71. The number of nitrogens with two attached hydrogens (primary N) is 1. The molecule has 1 aromatic heterocycles. The zero-order chi connectivity index (χ0) is 9.42. The summed E-state index contributed by atoms with van der Waals surface area (Å²) in [7, 11) is 2.58. The van der Waals surface area contributed by atoms with E-state index in [0.29, 0.717) is 0 Å². The average Bonchev–Trinajstić information content (AvgIpc) is 2.42. The van der Waals surface area contributed by atoms with Gasteiger partial charge in [0.05, 0.1) is 11.0 Å². The molecule has 0 saturated carbocycles. The highest BCUT2D eigenvalue weighted by Gasteiger charge is 2.05. The van der Waals surface area contributed by atoms with Gasteiger partial charge >= 0.3 is 0 Å². The third-order valence-electron chi connectivity index (χ3n) is 1.94. The predicted octanol–water partition coefficient (Wildman–Crippen LogP) is 0.972. The van der Waals surface area contributed by atoms with E-state index in [0.717, 1.165) is 16.3 Å². The van der Waals surface area contributed by atoms with Crippen LogP contribution in [-0.4, -0.2) is 16.1 Å². The number of hydrogen-bond donors (Lipinski definition) is 1. The number of aromatic nitrogens is 2. The topological polar surface area (TPSA) is 43.8 Å². The third kappa shape index (κ3) is 1.40. The fourth-order valence-corrected chi connectivity index (χ4v) is 2.07. The van der Waals surface area contributed by atoms with Gasteiger partial charge in [0.1, 0.15) is 0 Å². The molecule has 68 valence electrons. The van der Waals surface area contributed by atoms with Crippen molar-refractivity contribution in [3.63, 3.8) is 0 Å². The number of nitrogens with zero attached hydrogens (tertiary/aromatic N) is 2. The second kappa shape index (κ2) is 3.20. The first-order chi connectivity index (χ1) is 6.22. The molecule has 1 unspecified atom stereocenters. The molecular formula is C8H10N3PS. The molecule has 2 N–H and O–H groups in total. The van der Waals surface area contributed by atoms with Crippen molar-refractivity contribution in [1.82, 2.24) is 9.89 Å². The van der Waals surface area contributed by atoms with E-state index in [1.54, 1.807) is 11.8 Å². The highest BCUT2D eigenvalue weighted by molar-refractivity contribution is 7.98. The largest absolute Gasteiger partial charge is 0.323 e. The van der Waals surface area contributed by atoms with Gasteiger partial charge in [-0.3, -0.25) is 0 Å². The van der Waals surface area contributed by atoms with Gasteiger partial charge in [0.25, 0.3) is 0 Å². The lowest BCUT2D eigenvalue weighted by molar-refractivity contribution is 0.874. The van der Waals surface area contributed by atoms with Crippen LogP contribution in [0.15, 0.2) is 23.1 Å². The molecule has 1 heterocycles. The Kier molecular flexibility index (Phi) is 2.18. The van der Waals surface area contributed by atoms with Crippen molar-refractivity contribution in [2.24, 2.45) is 0 Å². The first kappa shape index (κ1) is 8.85. The van der Waals surface area contributed by atoms with Crippen molar-refractivity contribution in [2.45, 2.75) is 4.90 Å². The summed E-state index contributed by atoms with van der Waals surface area (Å²) in [5.41, 5.74) is 1.86. The molecule has 2 aromatic rings. The number of benzene rings is 1. The van der Waals surface area contributed by atoms with Crippen molar-refractivity contribution in [3.8, 4) is 0 Å². The fraction of sp³-hybridized carbons (Fsp3) is 0.125. The van der Waals surface area contributed by atoms with Gasteiger partial charge in [-0.15, -0.1) is 11.8 Å². The van der Waals surface area contributed by atoms with Gasteiger partial charge in [0.15, 0.2) is 0 Å². The summed E-state index contributed by atoms with van der Waals surface area (Å²) >= 11 is 1.70. The van der Waals surface area contributed by atoms with E-state index in [4.69, 9.17) is 5.84 Å². The quantitative estimate of drug-likeness (QED) is 0.434. The Bertz CT molecular complexity index is 452. The van der Waals surface area contributed by atoms with E-state index in [2.05, 4.69) is 20.4 Å². The van der Waals surface area contributed by atoms with Crippen molar-refractivity contribution in [2.75, 3.05) is 12.1 Å². The van der Waals surface area contributed by atoms with Crippen molar-refractivity contribution >= 4 is 37.3 Å². The number of thioether (sulfide) groups is 1. The molecule has 2 rings (SSSR count).